The fourth-order valence-electron chi connectivity index (χ4n) is 1.58. The van der Waals surface area contributed by atoms with E-state index in [0.717, 1.165) is 38.2 Å². The summed E-state index contributed by atoms with van der Waals surface area (Å²) in [6, 6.07) is 0. The number of hydrogen-bond donors (Lipinski definition) is 0. The summed E-state index contributed by atoms with van der Waals surface area (Å²) < 4.78 is 11.0. The first-order valence-electron chi connectivity index (χ1n) is 6.60. The highest BCUT2D eigenvalue weighted by Crippen LogP contribution is 2.06. The summed E-state index contributed by atoms with van der Waals surface area (Å²) in [4.78, 5) is 0. The van der Waals surface area contributed by atoms with E-state index in [9.17, 15) is 0 Å². The SMILES string of the molecule is C=C(C)OCCCCCCOC(CC)CC. The maximum atomic E-state index is 5.74. The number of unbranched alkanes of at least 4 members (excludes halogenated alkanes) is 3. The molecular formula is C14H28O2. The van der Waals surface area contributed by atoms with Gasteiger partial charge in [0, 0.05) is 6.61 Å². The zero-order valence-corrected chi connectivity index (χ0v) is 11.3. The molecule has 0 heterocycles. The molecule has 2 heteroatoms. The minimum absolute atomic E-state index is 0.465. The molecule has 96 valence electrons. The molecule has 0 bridgehead atoms. The second kappa shape index (κ2) is 11.0. The van der Waals surface area contributed by atoms with Crippen LogP contribution in [0.15, 0.2) is 12.3 Å². The van der Waals surface area contributed by atoms with E-state index in [1.54, 1.807) is 0 Å². The van der Waals surface area contributed by atoms with Crippen molar-refractivity contribution in [1.29, 1.82) is 0 Å². The van der Waals surface area contributed by atoms with Gasteiger partial charge in [-0.3, -0.25) is 0 Å². The van der Waals surface area contributed by atoms with E-state index in [0.29, 0.717) is 6.10 Å². The van der Waals surface area contributed by atoms with Gasteiger partial charge in [0.15, 0.2) is 0 Å². The van der Waals surface area contributed by atoms with Crippen LogP contribution in [0.3, 0.4) is 0 Å². The second-order valence-corrected chi connectivity index (χ2v) is 4.27. The Morgan fingerprint density at radius 3 is 2.06 bits per heavy atom. The summed E-state index contributed by atoms with van der Waals surface area (Å²) in [7, 11) is 0. The molecule has 0 radical (unpaired) electrons. The van der Waals surface area contributed by atoms with Crippen LogP contribution in [-0.4, -0.2) is 19.3 Å². The third-order valence-electron chi connectivity index (χ3n) is 2.65. The van der Waals surface area contributed by atoms with Crippen molar-refractivity contribution < 1.29 is 9.47 Å². The molecule has 16 heavy (non-hydrogen) atoms. The lowest BCUT2D eigenvalue weighted by molar-refractivity contribution is 0.0455. The molecule has 0 rings (SSSR count). The van der Waals surface area contributed by atoms with E-state index in [1.165, 1.54) is 19.3 Å². The third-order valence-corrected chi connectivity index (χ3v) is 2.65. The highest BCUT2D eigenvalue weighted by atomic mass is 16.5. The van der Waals surface area contributed by atoms with Crippen LogP contribution >= 0.6 is 0 Å². The lowest BCUT2D eigenvalue weighted by Crippen LogP contribution is -2.10. The van der Waals surface area contributed by atoms with Crippen LogP contribution in [0.1, 0.15) is 59.3 Å². The minimum Gasteiger partial charge on any atom is -0.499 e. The van der Waals surface area contributed by atoms with Gasteiger partial charge in [-0.1, -0.05) is 26.8 Å². The predicted molar refractivity (Wildman–Crippen MR) is 69.6 cm³/mol. The molecule has 0 N–H and O–H groups in total. The van der Waals surface area contributed by atoms with Gasteiger partial charge in [-0.15, -0.1) is 0 Å². The van der Waals surface area contributed by atoms with Gasteiger partial charge in [0.2, 0.25) is 0 Å². The lowest BCUT2D eigenvalue weighted by Gasteiger charge is -2.13. The van der Waals surface area contributed by atoms with Crippen LogP contribution in [0.2, 0.25) is 0 Å². The van der Waals surface area contributed by atoms with Crippen LogP contribution < -0.4 is 0 Å². The Morgan fingerprint density at radius 2 is 1.56 bits per heavy atom. The molecule has 0 fully saturated rings. The zero-order valence-electron chi connectivity index (χ0n) is 11.3. The van der Waals surface area contributed by atoms with Crippen LogP contribution in [-0.2, 0) is 9.47 Å². The van der Waals surface area contributed by atoms with Crippen molar-refractivity contribution in [1.82, 2.24) is 0 Å². The Labute approximate surface area is 101 Å². The standard InChI is InChI=1S/C14H28O2/c1-5-14(6-2)16-12-10-8-7-9-11-15-13(3)4/h14H,3,5-12H2,1-2,4H3. The summed E-state index contributed by atoms with van der Waals surface area (Å²) >= 11 is 0. The Kier molecular flexibility index (Phi) is 10.7. The van der Waals surface area contributed by atoms with Crippen molar-refractivity contribution in [2.24, 2.45) is 0 Å². The summed E-state index contributed by atoms with van der Waals surface area (Å²) in [6.07, 6.45) is 7.47. The van der Waals surface area contributed by atoms with Crippen LogP contribution in [0, 0.1) is 0 Å². The fraction of sp³-hybridized carbons (Fsp3) is 0.857. The number of hydrogen-bond acceptors (Lipinski definition) is 2. The second-order valence-electron chi connectivity index (χ2n) is 4.27. The van der Waals surface area contributed by atoms with Gasteiger partial charge in [0.1, 0.15) is 0 Å². The van der Waals surface area contributed by atoms with Crippen LogP contribution in [0.4, 0.5) is 0 Å². The molecule has 0 saturated carbocycles. The minimum atomic E-state index is 0.465. The maximum absolute atomic E-state index is 5.74. The quantitative estimate of drug-likeness (QED) is 0.388. The normalized spacial score (nSPS) is 10.8. The number of allylic oxidation sites excluding steroid dienone is 1. The monoisotopic (exact) mass is 228 g/mol. The van der Waals surface area contributed by atoms with Crippen LogP contribution in [0.5, 0.6) is 0 Å². The highest BCUT2D eigenvalue weighted by Gasteiger charge is 2.01. The Hall–Kier alpha value is -0.500. The molecule has 0 atom stereocenters. The first-order chi connectivity index (χ1) is 7.70. The topological polar surface area (TPSA) is 18.5 Å². The smallest absolute Gasteiger partial charge is 0.0876 e. The zero-order chi connectivity index (χ0) is 12.2. The fourth-order valence-corrected chi connectivity index (χ4v) is 1.58. The molecule has 0 saturated heterocycles. The van der Waals surface area contributed by atoms with E-state index >= 15 is 0 Å². The van der Waals surface area contributed by atoms with Gasteiger partial charge >= 0.3 is 0 Å². The Morgan fingerprint density at radius 1 is 1.00 bits per heavy atom. The third kappa shape index (κ3) is 10.0. The molecule has 0 aliphatic rings. The van der Waals surface area contributed by atoms with Gasteiger partial charge < -0.3 is 9.47 Å². The van der Waals surface area contributed by atoms with E-state index in [2.05, 4.69) is 20.4 Å². The molecule has 0 unspecified atom stereocenters. The summed E-state index contributed by atoms with van der Waals surface area (Å²) in [5, 5.41) is 0. The van der Waals surface area contributed by atoms with Crippen molar-refractivity contribution >= 4 is 0 Å². The van der Waals surface area contributed by atoms with Crippen LogP contribution in [0.25, 0.3) is 0 Å². The Balaban J connectivity index is 3.12. The number of ether oxygens (including phenoxy) is 2. The van der Waals surface area contributed by atoms with Gasteiger partial charge in [0.05, 0.1) is 18.5 Å². The summed E-state index contributed by atoms with van der Waals surface area (Å²) in [5.41, 5.74) is 0. The van der Waals surface area contributed by atoms with E-state index in [4.69, 9.17) is 9.47 Å². The number of rotatable bonds is 11. The lowest BCUT2D eigenvalue weighted by atomic mass is 10.2. The predicted octanol–water partition coefficient (Wildman–Crippen LogP) is 4.30. The highest BCUT2D eigenvalue weighted by molar-refractivity contribution is 4.73. The van der Waals surface area contributed by atoms with E-state index < -0.39 is 0 Å². The molecule has 0 aromatic rings. The molecular weight excluding hydrogens is 200 g/mol. The molecule has 0 aliphatic carbocycles. The Bertz CT molecular complexity index is 162. The average Bonchev–Trinajstić information content (AvgIpc) is 2.27. The summed E-state index contributed by atoms with van der Waals surface area (Å²) in [6.45, 7) is 11.7. The molecule has 0 amide bonds. The van der Waals surface area contributed by atoms with Crippen molar-refractivity contribution in [2.75, 3.05) is 13.2 Å². The van der Waals surface area contributed by atoms with Gasteiger partial charge in [-0.05, 0) is 39.0 Å². The first kappa shape index (κ1) is 15.5. The van der Waals surface area contributed by atoms with Crippen molar-refractivity contribution in [3.05, 3.63) is 12.3 Å². The average molecular weight is 228 g/mol. The van der Waals surface area contributed by atoms with Crippen molar-refractivity contribution in [2.45, 2.75) is 65.4 Å². The van der Waals surface area contributed by atoms with Crippen molar-refractivity contribution in [3.8, 4) is 0 Å². The van der Waals surface area contributed by atoms with Gasteiger partial charge in [-0.25, -0.2) is 0 Å². The van der Waals surface area contributed by atoms with E-state index in [-0.39, 0.29) is 0 Å². The largest absolute Gasteiger partial charge is 0.499 e. The molecule has 0 aromatic heterocycles. The van der Waals surface area contributed by atoms with Gasteiger partial charge in [0.25, 0.3) is 0 Å². The molecule has 0 spiro atoms. The van der Waals surface area contributed by atoms with E-state index in [1.807, 2.05) is 6.92 Å². The first-order valence-corrected chi connectivity index (χ1v) is 6.60. The molecule has 0 aliphatic heterocycles. The van der Waals surface area contributed by atoms with Gasteiger partial charge in [-0.2, -0.15) is 0 Å². The van der Waals surface area contributed by atoms with Crippen molar-refractivity contribution in [3.63, 3.8) is 0 Å². The summed E-state index contributed by atoms with van der Waals surface area (Å²) in [5.74, 6) is 0.817. The molecule has 2 nitrogen and oxygen atoms in total. The maximum Gasteiger partial charge on any atom is 0.0876 e. The molecule has 0 aromatic carbocycles.